The van der Waals surface area contributed by atoms with Gasteiger partial charge in [-0.2, -0.15) is 0 Å². The summed E-state index contributed by atoms with van der Waals surface area (Å²) in [6.07, 6.45) is 4.29. The highest BCUT2D eigenvalue weighted by Crippen LogP contribution is 2.36. The summed E-state index contributed by atoms with van der Waals surface area (Å²) in [7, 11) is 3.24. The Hall–Kier alpha value is -3.55. The van der Waals surface area contributed by atoms with E-state index in [2.05, 4.69) is 26.7 Å². The van der Waals surface area contributed by atoms with Crippen LogP contribution in [0.5, 0.6) is 11.5 Å². The monoisotopic (exact) mass is 433 g/mol. The van der Waals surface area contributed by atoms with E-state index < -0.39 is 0 Å². The van der Waals surface area contributed by atoms with E-state index in [9.17, 15) is 4.79 Å². The Kier molecular flexibility index (Phi) is 5.43. The second-order valence-corrected chi connectivity index (χ2v) is 8.22. The first-order valence-electron chi connectivity index (χ1n) is 11.0. The lowest BCUT2D eigenvalue weighted by Crippen LogP contribution is -2.40. The molecule has 2 N–H and O–H groups in total. The highest BCUT2D eigenvalue weighted by atomic mass is 16.5. The van der Waals surface area contributed by atoms with Crippen LogP contribution in [0.25, 0.3) is 10.9 Å². The summed E-state index contributed by atoms with van der Waals surface area (Å²) in [5.74, 6) is 1.57. The van der Waals surface area contributed by atoms with Crippen LogP contribution < -0.4 is 20.1 Å². The number of hydrogen-bond acceptors (Lipinski definition) is 6. The van der Waals surface area contributed by atoms with E-state index in [4.69, 9.17) is 9.47 Å². The van der Waals surface area contributed by atoms with Crippen LogP contribution in [0.4, 0.5) is 16.2 Å². The van der Waals surface area contributed by atoms with Crippen molar-refractivity contribution < 1.29 is 14.3 Å². The number of nitrogens with zero attached hydrogens (tertiary/aromatic N) is 3. The summed E-state index contributed by atoms with van der Waals surface area (Å²) in [5.41, 5.74) is 5.10. The third-order valence-electron chi connectivity index (χ3n) is 6.41. The molecular weight excluding hydrogens is 406 g/mol. The minimum absolute atomic E-state index is 0.0479. The van der Waals surface area contributed by atoms with E-state index in [0.717, 1.165) is 53.8 Å². The largest absolute Gasteiger partial charge is 0.493 e. The number of rotatable bonds is 4. The van der Waals surface area contributed by atoms with Gasteiger partial charge in [-0.05, 0) is 49.1 Å². The zero-order valence-electron chi connectivity index (χ0n) is 18.4. The van der Waals surface area contributed by atoms with Crippen molar-refractivity contribution in [1.82, 2.24) is 14.9 Å². The minimum atomic E-state index is -0.0479. The van der Waals surface area contributed by atoms with Crippen molar-refractivity contribution in [2.45, 2.75) is 25.2 Å². The third kappa shape index (κ3) is 3.77. The number of carbonyl (C=O) groups excluding carboxylic acids is 1. The molecule has 0 atom stereocenters. The molecule has 3 heterocycles. The van der Waals surface area contributed by atoms with Gasteiger partial charge in [-0.3, -0.25) is 0 Å². The van der Waals surface area contributed by atoms with Crippen molar-refractivity contribution in [3.8, 4) is 11.5 Å². The molecule has 0 spiro atoms. The lowest BCUT2D eigenvalue weighted by atomic mass is 9.91. The van der Waals surface area contributed by atoms with Crippen molar-refractivity contribution in [3.05, 3.63) is 47.9 Å². The molecule has 166 valence electrons. The normalized spacial score (nSPS) is 15.9. The predicted octanol–water partition coefficient (Wildman–Crippen LogP) is 4.03. The molecule has 0 bridgehead atoms. The molecule has 1 saturated heterocycles. The number of carbonyl (C=O) groups is 1. The van der Waals surface area contributed by atoms with Crippen molar-refractivity contribution in [3.63, 3.8) is 0 Å². The number of methoxy groups -OCH3 is 2. The average molecular weight is 434 g/mol. The van der Waals surface area contributed by atoms with Gasteiger partial charge in [-0.1, -0.05) is 0 Å². The van der Waals surface area contributed by atoms with E-state index in [0.29, 0.717) is 24.6 Å². The van der Waals surface area contributed by atoms with Gasteiger partial charge in [0, 0.05) is 48.4 Å². The van der Waals surface area contributed by atoms with Crippen LogP contribution in [0, 0.1) is 0 Å². The van der Waals surface area contributed by atoms with Gasteiger partial charge in [0.15, 0.2) is 11.5 Å². The summed E-state index contributed by atoms with van der Waals surface area (Å²) in [5, 5.41) is 7.37. The Morgan fingerprint density at radius 2 is 1.88 bits per heavy atom. The molecule has 2 aliphatic rings. The van der Waals surface area contributed by atoms with Gasteiger partial charge in [0.25, 0.3) is 0 Å². The van der Waals surface area contributed by atoms with Crippen molar-refractivity contribution >= 4 is 28.3 Å². The summed E-state index contributed by atoms with van der Waals surface area (Å²) in [4.78, 5) is 23.7. The average Bonchev–Trinajstić information content (AvgIpc) is 3.30. The van der Waals surface area contributed by atoms with Gasteiger partial charge >= 0.3 is 6.03 Å². The van der Waals surface area contributed by atoms with Gasteiger partial charge in [0.2, 0.25) is 0 Å². The number of ether oxygens (including phenoxy) is 2. The van der Waals surface area contributed by atoms with Gasteiger partial charge in [-0.15, -0.1) is 0 Å². The summed E-state index contributed by atoms with van der Waals surface area (Å²) < 4.78 is 10.9. The molecule has 0 radical (unpaired) electrons. The van der Waals surface area contributed by atoms with E-state index in [1.807, 2.05) is 29.2 Å². The predicted molar refractivity (Wildman–Crippen MR) is 124 cm³/mol. The van der Waals surface area contributed by atoms with Crippen LogP contribution in [-0.4, -0.2) is 54.8 Å². The number of hydrogen-bond donors (Lipinski definition) is 2. The van der Waals surface area contributed by atoms with Gasteiger partial charge in [-0.25, -0.2) is 14.8 Å². The number of amides is 2. The second kappa shape index (κ2) is 8.53. The Labute approximate surface area is 186 Å². The zero-order valence-corrected chi connectivity index (χ0v) is 18.4. The number of aromatic nitrogens is 2. The number of fused-ring (bicyclic) bond motifs is 2. The SMILES string of the molecule is COc1cc2ncnc(C3CCN(C(=O)Nc4ccc5c(c4)CCN5)CC3)c2cc1OC. The van der Waals surface area contributed by atoms with Crippen LogP contribution in [0.3, 0.4) is 0 Å². The van der Waals surface area contributed by atoms with Crippen molar-refractivity contribution in [1.29, 1.82) is 0 Å². The number of piperidine rings is 1. The number of nitrogens with one attached hydrogen (secondary N) is 2. The molecule has 1 fully saturated rings. The maximum Gasteiger partial charge on any atom is 0.321 e. The molecule has 0 aliphatic carbocycles. The Morgan fingerprint density at radius 3 is 2.66 bits per heavy atom. The number of urea groups is 1. The molecule has 2 aromatic carbocycles. The maximum absolute atomic E-state index is 12.8. The fourth-order valence-electron chi connectivity index (χ4n) is 4.67. The van der Waals surface area contributed by atoms with Gasteiger partial charge in [0.05, 0.1) is 25.4 Å². The number of likely N-dealkylation sites (tertiary alicyclic amines) is 1. The molecule has 2 amide bonds. The summed E-state index contributed by atoms with van der Waals surface area (Å²) in [6, 6.07) is 9.84. The molecule has 8 nitrogen and oxygen atoms in total. The first-order valence-corrected chi connectivity index (χ1v) is 11.0. The van der Waals surface area contributed by atoms with Crippen molar-refractivity contribution in [2.24, 2.45) is 0 Å². The van der Waals surface area contributed by atoms with Crippen LogP contribution in [-0.2, 0) is 6.42 Å². The fraction of sp³-hybridized carbons (Fsp3) is 0.375. The molecule has 8 heteroatoms. The number of benzene rings is 2. The van der Waals surface area contributed by atoms with Crippen LogP contribution >= 0.6 is 0 Å². The van der Waals surface area contributed by atoms with E-state index in [-0.39, 0.29) is 11.9 Å². The second-order valence-electron chi connectivity index (χ2n) is 8.22. The smallest absolute Gasteiger partial charge is 0.321 e. The van der Waals surface area contributed by atoms with Gasteiger partial charge < -0.3 is 25.0 Å². The topological polar surface area (TPSA) is 88.6 Å². The number of anilines is 2. The van der Waals surface area contributed by atoms with E-state index in [1.165, 1.54) is 5.56 Å². The molecule has 32 heavy (non-hydrogen) atoms. The maximum atomic E-state index is 12.8. The molecule has 1 aromatic heterocycles. The molecule has 0 saturated carbocycles. The highest BCUT2D eigenvalue weighted by molar-refractivity contribution is 5.90. The molecule has 0 unspecified atom stereocenters. The molecule has 3 aromatic rings. The van der Waals surface area contributed by atoms with Crippen LogP contribution in [0.15, 0.2) is 36.7 Å². The Balaban J connectivity index is 1.28. The zero-order chi connectivity index (χ0) is 22.1. The molecule has 5 rings (SSSR count). The summed E-state index contributed by atoms with van der Waals surface area (Å²) >= 11 is 0. The lowest BCUT2D eigenvalue weighted by molar-refractivity contribution is 0.194. The molecule has 2 aliphatic heterocycles. The Morgan fingerprint density at radius 1 is 1.09 bits per heavy atom. The van der Waals surface area contributed by atoms with Crippen LogP contribution in [0.1, 0.15) is 30.0 Å². The molecular formula is C24H27N5O3. The van der Waals surface area contributed by atoms with Crippen LogP contribution in [0.2, 0.25) is 0 Å². The Bertz CT molecular complexity index is 1160. The standard InChI is InChI=1S/C24H27N5O3/c1-31-21-12-18-20(13-22(21)32-2)26-14-27-23(18)15-6-9-29(10-7-15)24(30)28-17-3-4-19-16(11-17)5-8-25-19/h3-4,11-15,25H,5-10H2,1-2H3,(H,28,30). The van der Waals surface area contributed by atoms with Crippen molar-refractivity contribution in [2.75, 3.05) is 44.5 Å². The quantitative estimate of drug-likeness (QED) is 0.646. The lowest BCUT2D eigenvalue weighted by Gasteiger charge is -2.32. The van der Waals surface area contributed by atoms with E-state index >= 15 is 0 Å². The summed E-state index contributed by atoms with van der Waals surface area (Å²) in [6.45, 7) is 2.32. The minimum Gasteiger partial charge on any atom is -0.493 e. The first-order chi connectivity index (χ1) is 15.7. The van der Waals surface area contributed by atoms with E-state index in [1.54, 1.807) is 20.5 Å². The first kappa shape index (κ1) is 20.4. The van der Waals surface area contributed by atoms with Gasteiger partial charge in [0.1, 0.15) is 6.33 Å². The fourth-order valence-corrected chi connectivity index (χ4v) is 4.67. The third-order valence-corrected chi connectivity index (χ3v) is 6.41. The highest BCUT2D eigenvalue weighted by Gasteiger charge is 2.27.